The molecule has 21 heavy (non-hydrogen) atoms. The minimum absolute atomic E-state index is 0.166. The second kappa shape index (κ2) is 5.06. The minimum Gasteiger partial charge on any atom is -0.423 e. The Balaban J connectivity index is 2.00. The molecule has 0 bridgehead atoms. The second-order valence-corrected chi connectivity index (χ2v) is 6.11. The topological polar surface area (TPSA) is 76.4 Å². The minimum atomic E-state index is -3.66. The summed E-state index contributed by atoms with van der Waals surface area (Å²) in [6.45, 7) is 0. The molecular weight excluding hydrogens is 290 g/mol. The smallest absolute Gasteiger partial charge is 0.336 e. The molecule has 2 aromatic carbocycles. The van der Waals surface area contributed by atoms with Crippen molar-refractivity contribution in [1.29, 1.82) is 0 Å². The van der Waals surface area contributed by atoms with Gasteiger partial charge in [0.2, 0.25) is 0 Å². The van der Waals surface area contributed by atoms with Gasteiger partial charge in [0.15, 0.2) is 0 Å². The lowest BCUT2D eigenvalue weighted by Crippen LogP contribution is -2.12. The zero-order chi connectivity index (χ0) is 14.9. The fraction of sp³-hybridized carbons (Fsp3) is 0. The third-order valence-electron chi connectivity index (χ3n) is 2.93. The molecule has 6 heteroatoms. The van der Waals surface area contributed by atoms with Gasteiger partial charge in [-0.1, -0.05) is 18.2 Å². The van der Waals surface area contributed by atoms with Gasteiger partial charge in [-0.25, -0.2) is 13.2 Å². The van der Waals surface area contributed by atoms with Gasteiger partial charge in [0.25, 0.3) is 10.0 Å². The van der Waals surface area contributed by atoms with Crippen LogP contribution >= 0.6 is 0 Å². The number of benzene rings is 2. The molecule has 1 heterocycles. The fourth-order valence-electron chi connectivity index (χ4n) is 1.94. The molecule has 0 atom stereocenters. The molecule has 3 rings (SSSR count). The zero-order valence-corrected chi connectivity index (χ0v) is 11.6. The molecule has 1 N–H and O–H groups in total. The van der Waals surface area contributed by atoms with E-state index in [1.807, 2.05) is 0 Å². The number of fused-ring (bicyclic) bond motifs is 1. The van der Waals surface area contributed by atoms with Crippen molar-refractivity contribution in [2.24, 2.45) is 0 Å². The lowest BCUT2D eigenvalue weighted by Gasteiger charge is -2.08. The van der Waals surface area contributed by atoms with E-state index in [9.17, 15) is 13.2 Å². The first-order valence-corrected chi connectivity index (χ1v) is 7.65. The number of rotatable bonds is 3. The molecule has 3 aromatic rings. The van der Waals surface area contributed by atoms with Gasteiger partial charge < -0.3 is 4.42 Å². The normalized spacial score (nSPS) is 11.4. The summed E-state index contributed by atoms with van der Waals surface area (Å²) in [5.74, 6) is 0. The highest BCUT2D eigenvalue weighted by Gasteiger charge is 2.13. The first-order valence-electron chi connectivity index (χ1n) is 6.16. The first-order chi connectivity index (χ1) is 10.0. The van der Waals surface area contributed by atoms with E-state index < -0.39 is 15.6 Å². The van der Waals surface area contributed by atoms with Crippen molar-refractivity contribution in [3.63, 3.8) is 0 Å². The van der Waals surface area contributed by atoms with E-state index >= 15 is 0 Å². The van der Waals surface area contributed by atoms with Gasteiger partial charge in [0.1, 0.15) is 5.58 Å². The highest BCUT2D eigenvalue weighted by Crippen LogP contribution is 2.20. The second-order valence-electron chi connectivity index (χ2n) is 4.43. The van der Waals surface area contributed by atoms with Crippen LogP contribution in [0.5, 0.6) is 0 Å². The zero-order valence-electron chi connectivity index (χ0n) is 10.8. The molecule has 0 spiro atoms. The van der Waals surface area contributed by atoms with Gasteiger partial charge in [-0.15, -0.1) is 0 Å². The molecule has 5 nitrogen and oxygen atoms in total. The summed E-state index contributed by atoms with van der Waals surface area (Å²) in [4.78, 5) is 11.4. The van der Waals surface area contributed by atoms with Crippen LogP contribution < -0.4 is 10.3 Å². The molecular formula is C15H11NO4S. The Hall–Kier alpha value is -2.60. The molecule has 0 aliphatic rings. The van der Waals surface area contributed by atoms with Crippen LogP contribution in [0.25, 0.3) is 11.0 Å². The summed E-state index contributed by atoms with van der Waals surface area (Å²) in [5, 5.41) is 0.720. The maximum absolute atomic E-state index is 12.2. The molecule has 106 valence electrons. The van der Waals surface area contributed by atoms with Crippen LogP contribution in [0, 0.1) is 0 Å². The number of nitrogens with one attached hydrogen (secondary N) is 1. The quantitative estimate of drug-likeness (QED) is 0.754. The SMILES string of the molecule is O=c1ccc2ccc(NS(=O)(=O)c3ccccc3)cc2o1. The fourth-order valence-corrected chi connectivity index (χ4v) is 3.01. The van der Waals surface area contributed by atoms with Crippen LogP contribution in [0.3, 0.4) is 0 Å². The Kier molecular flexibility index (Phi) is 3.23. The molecule has 0 unspecified atom stereocenters. The monoisotopic (exact) mass is 301 g/mol. The van der Waals surface area contributed by atoms with Gasteiger partial charge in [0.05, 0.1) is 10.6 Å². The van der Waals surface area contributed by atoms with Gasteiger partial charge in [0, 0.05) is 17.5 Å². The van der Waals surface area contributed by atoms with E-state index in [0.717, 1.165) is 5.39 Å². The van der Waals surface area contributed by atoms with Crippen LogP contribution in [0.4, 0.5) is 5.69 Å². The average molecular weight is 301 g/mol. The van der Waals surface area contributed by atoms with Gasteiger partial charge >= 0.3 is 5.63 Å². The molecule has 0 saturated carbocycles. The predicted molar refractivity (Wildman–Crippen MR) is 79.7 cm³/mol. The summed E-state index contributed by atoms with van der Waals surface area (Å²) in [5.41, 5.74) is 0.182. The van der Waals surface area contributed by atoms with E-state index in [-0.39, 0.29) is 4.90 Å². The molecule has 0 fully saturated rings. The Morgan fingerprint density at radius 1 is 0.905 bits per heavy atom. The predicted octanol–water partition coefficient (Wildman–Crippen LogP) is 2.59. The average Bonchev–Trinajstić information content (AvgIpc) is 2.47. The van der Waals surface area contributed by atoms with Crippen molar-refractivity contribution >= 4 is 26.7 Å². The highest BCUT2D eigenvalue weighted by atomic mass is 32.2. The van der Waals surface area contributed by atoms with Gasteiger partial charge in [-0.3, -0.25) is 4.72 Å². The largest absolute Gasteiger partial charge is 0.423 e. The maximum atomic E-state index is 12.2. The van der Waals surface area contributed by atoms with Crippen molar-refractivity contribution in [3.05, 3.63) is 71.1 Å². The number of anilines is 1. The lowest BCUT2D eigenvalue weighted by molar-refractivity contribution is 0.561. The summed E-state index contributed by atoms with van der Waals surface area (Å²) in [6, 6.07) is 15.8. The van der Waals surface area contributed by atoms with Gasteiger partial charge in [-0.2, -0.15) is 0 Å². The Bertz CT molecular complexity index is 946. The molecule has 0 aliphatic heterocycles. The van der Waals surface area contributed by atoms with E-state index in [2.05, 4.69) is 4.72 Å². The van der Waals surface area contributed by atoms with Crippen molar-refractivity contribution in [2.75, 3.05) is 4.72 Å². The highest BCUT2D eigenvalue weighted by molar-refractivity contribution is 7.92. The summed E-state index contributed by atoms with van der Waals surface area (Å²) < 4.78 is 31.9. The Labute approximate surface area is 120 Å². The molecule has 1 aromatic heterocycles. The third kappa shape index (κ3) is 2.80. The molecule has 0 amide bonds. The van der Waals surface area contributed by atoms with Crippen LogP contribution in [0.1, 0.15) is 0 Å². The van der Waals surface area contributed by atoms with E-state index in [4.69, 9.17) is 4.42 Å². The first kappa shape index (κ1) is 13.4. The number of hydrogen-bond acceptors (Lipinski definition) is 4. The number of sulfonamides is 1. The van der Waals surface area contributed by atoms with Crippen molar-refractivity contribution in [2.45, 2.75) is 4.90 Å². The molecule has 0 aliphatic carbocycles. The Morgan fingerprint density at radius 3 is 2.38 bits per heavy atom. The third-order valence-corrected chi connectivity index (χ3v) is 4.33. The molecule has 0 radical (unpaired) electrons. The van der Waals surface area contributed by atoms with Crippen LogP contribution in [-0.2, 0) is 10.0 Å². The summed E-state index contributed by atoms with van der Waals surface area (Å²) >= 11 is 0. The van der Waals surface area contributed by atoms with Crippen LogP contribution in [0.15, 0.2) is 74.8 Å². The number of hydrogen-bond donors (Lipinski definition) is 1. The van der Waals surface area contributed by atoms with Crippen molar-refractivity contribution in [3.8, 4) is 0 Å². The van der Waals surface area contributed by atoms with Crippen LogP contribution in [0.2, 0.25) is 0 Å². The van der Waals surface area contributed by atoms with E-state index in [1.165, 1.54) is 24.3 Å². The summed E-state index contributed by atoms with van der Waals surface area (Å²) in [6.07, 6.45) is 0. The van der Waals surface area contributed by atoms with Crippen LogP contribution in [-0.4, -0.2) is 8.42 Å². The molecule has 0 saturated heterocycles. The van der Waals surface area contributed by atoms with Gasteiger partial charge in [-0.05, 0) is 30.3 Å². The van der Waals surface area contributed by atoms with E-state index in [0.29, 0.717) is 11.3 Å². The van der Waals surface area contributed by atoms with Crippen molar-refractivity contribution in [1.82, 2.24) is 0 Å². The standard InChI is InChI=1S/C15H11NO4S/c17-15-9-7-11-6-8-12(10-14(11)20-15)16-21(18,19)13-4-2-1-3-5-13/h1-10,16H. The van der Waals surface area contributed by atoms with E-state index in [1.54, 1.807) is 36.4 Å². The maximum Gasteiger partial charge on any atom is 0.336 e. The lowest BCUT2D eigenvalue weighted by atomic mass is 10.2. The van der Waals surface area contributed by atoms with Crippen molar-refractivity contribution < 1.29 is 12.8 Å². The Morgan fingerprint density at radius 2 is 1.62 bits per heavy atom. The summed E-state index contributed by atoms with van der Waals surface area (Å²) in [7, 11) is -3.66.